The normalized spacial score (nSPS) is 17.4. The summed E-state index contributed by atoms with van der Waals surface area (Å²) in [6.45, 7) is 0.463. The first-order valence-electron chi connectivity index (χ1n) is 6.80. The van der Waals surface area contributed by atoms with Gasteiger partial charge in [0.05, 0.1) is 14.2 Å². The first-order chi connectivity index (χ1) is 10.2. The van der Waals surface area contributed by atoms with Gasteiger partial charge < -0.3 is 19.1 Å². The molecule has 21 heavy (non-hydrogen) atoms. The molecule has 0 radical (unpaired) electrons. The van der Waals surface area contributed by atoms with Gasteiger partial charge in [0.25, 0.3) is 5.91 Å². The fourth-order valence-corrected chi connectivity index (χ4v) is 2.35. The summed E-state index contributed by atoms with van der Waals surface area (Å²) in [5.74, 6) is 0.723. The summed E-state index contributed by atoms with van der Waals surface area (Å²) >= 11 is 0. The molecule has 0 spiro atoms. The molecule has 0 aliphatic carbocycles. The molecule has 0 N–H and O–H groups in total. The maximum Gasteiger partial charge on any atom is 0.328 e. The smallest absolute Gasteiger partial charge is 0.328 e. The second kappa shape index (κ2) is 6.97. The molecule has 2 rings (SSSR count). The zero-order chi connectivity index (χ0) is 15.2. The summed E-state index contributed by atoms with van der Waals surface area (Å²) in [4.78, 5) is 25.3. The zero-order valence-electron chi connectivity index (χ0n) is 12.2. The van der Waals surface area contributed by atoms with Crippen LogP contribution in [0.15, 0.2) is 24.3 Å². The Kier molecular flexibility index (Phi) is 5.03. The summed E-state index contributed by atoms with van der Waals surface area (Å²) in [7, 11) is 2.91. The molecule has 0 aromatic heterocycles. The average Bonchev–Trinajstić information content (AvgIpc) is 3.02. The Bertz CT molecular complexity index is 499. The lowest BCUT2D eigenvalue weighted by molar-refractivity contribution is -0.151. The van der Waals surface area contributed by atoms with Gasteiger partial charge in [0.1, 0.15) is 17.5 Å². The van der Waals surface area contributed by atoms with Crippen molar-refractivity contribution in [1.29, 1.82) is 0 Å². The molecule has 1 aliphatic heterocycles. The Balaban J connectivity index is 1.90. The lowest BCUT2D eigenvalue weighted by atomic mass is 10.2. The van der Waals surface area contributed by atoms with Crippen molar-refractivity contribution in [2.75, 3.05) is 27.4 Å². The van der Waals surface area contributed by atoms with E-state index in [9.17, 15) is 9.59 Å². The van der Waals surface area contributed by atoms with Crippen molar-refractivity contribution in [2.24, 2.45) is 0 Å². The Morgan fingerprint density at radius 3 is 2.48 bits per heavy atom. The predicted molar refractivity (Wildman–Crippen MR) is 75.2 cm³/mol. The molecule has 0 bridgehead atoms. The first-order valence-corrected chi connectivity index (χ1v) is 6.80. The fourth-order valence-electron chi connectivity index (χ4n) is 2.35. The fraction of sp³-hybridized carbons (Fsp3) is 0.467. The monoisotopic (exact) mass is 293 g/mol. The Morgan fingerprint density at radius 1 is 1.19 bits per heavy atom. The van der Waals surface area contributed by atoms with Crippen LogP contribution in [0.25, 0.3) is 0 Å². The maximum atomic E-state index is 12.1. The predicted octanol–water partition coefficient (Wildman–Crippen LogP) is 1.24. The van der Waals surface area contributed by atoms with Gasteiger partial charge in [-0.3, -0.25) is 4.79 Å². The quantitative estimate of drug-likeness (QED) is 0.764. The topological polar surface area (TPSA) is 65.1 Å². The summed E-state index contributed by atoms with van der Waals surface area (Å²) in [6.07, 6.45) is 1.44. The van der Waals surface area contributed by atoms with Gasteiger partial charge in [0.15, 0.2) is 6.61 Å². The number of likely N-dealkylation sites (tertiary alicyclic amines) is 1. The molecule has 6 nitrogen and oxygen atoms in total. The van der Waals surface area contributed by atoms with Crippen LogP contribution in [0.4, 0.5) is 0 Å². The number of ether oxygens (including phenoxy) is 3. The average molecular weight is 293 g/mol. The van der Waals surface area contributed by atoms with Crippen LogP contribution in [-0.4, -0.2) is 50.2 Å². The van der Waals surface area contributed by atoms with Crippen molar-refractivity contribution in [2.45, 2.75) is 18.9 Å². The van der Waals surface area contributed by atoms with Gasteiger partial charge in [-0.05, 0) is 37.1 Å². The highest BCUT2D eigenvalue weighted by molar-refractivity contribution is 5.85. The Hall–Kier alpha value is -2.24. The number of carbonyl (C=O) groups excluding carboxylic acids is 2. The summed E-state index contributed by atoms with van der Waals surface area (Å²) < 4.78 is 15.2. The van der Waals surface area contributed by atoms with Crippen LogP contribution in [0.2, 0.25) is 0 Å². The minimum Gasteiger partial charge on any atom is -0.497 e. The zero-order valence-corrected chi connectivity index (χ0v) is 12.2. The van der Waals surface area contributed by atoms with Crippen LogP contribution < -0.4 is 9.47 Å². The first kappa shape index (κ1) is 15.2. The lowest BCUT2D eigenvalue weighted by Gasteiger charge is -2.22. The van der Waals surface area contributed by atoms with E-state index in [0.717, 1.165) is 12.2 Å². The molecule has 6 heteroatoms. The molecule has 1 amide bonds. The Labute approximate surface area is 123 Å². The van der Waals surface area contributed by atoms with E-state index < -0.39 is 6.04 Å². The molecule has 1 aromatic carbocycles. The number of carbonyl (C=O) groups is 2. The van der Waals surface area contributed by atoms with E-state index in [-0.39, 0.29) is 18.5 Å². The van der Waals surface area contributed by atoms with Crippen molar-refractivity contribution >= 4 is 11.9 Å². The van der Waals surface area contributed by atoms with Crippen molar-refractivity contribution in [3.05, 3.63) is 24.3 Å². The molecule has 114 valence electrons. The molecule has 1 aromatic rings. The minimum absolute atomic E-state index is 0.0974. The highest BCUT2D eigenvalue weighted by atomic mass is 16.5. The van der Waals surface area contributed by atoms with E-state index in [2.05, 4.69) is 0 Å². The third kappa shape index (κ3) is 3.65. The van der Waals surface area contributed by atoms with Gasteiger partial charge in [-0.15, -0.1) is 0 Å². The molecular weight excluding hydrogens is 274 g/mol. The number of amides is 1. The van der Waals surface area contributed by atoms with E-state index in [1.54, 1.807) is 31.4 Å². The van der Waals surface area contributed by atoms with Crippen molar-refractivity contribution in [3.8, 4) is 11.5 Å². The van der Waals surface area contributed by atoms with Crippen LogP contribution in [0.3, 0.4) is 0 Å². The molecule has 1 atom stereocenters. The maximum absolute atomic E-state index is 12.1. The third-order valence-electron chi connectivity index (χ3n) is 3.47. The minimum atomic E-state index is -0.484. The van der Waals surface area contributed by atoms with Crippen molar-refractivity contribution < 1.29 is 23.8 Å². The Morgan fingerprint density at radius 2 is 1.86 bits per heavy atom. The van der Waals surface area contributed by atoms with E-state index in [4.69, 9.17) is 14.2 Å². The van der Waals surface area contributed by atoms with Gasteiger partial charge in [-0.2, -0.15) is 0 Å². The number of hydrogen-bond donors (Lipinski definition) is 0. The molecule has 1 unspecified atom stereocenters. The molecule has 0 saturated carbocycles. The van der Waals surface area contributed by atoms with Crippen LogP contribution in [0.1, 0.15) is 12.8 Å². The van der Waals surface area contributed by atoms with Crippen LogP contribution in [0, 0.1) is 0 Å². The van der Waals surface area contributed by atoms with E-state index >= 15 is 0 Å². The second-order valence-electron chi connectivity index (χ2n) is 4.73. The van der Waals surface area contributed by atoms with Crippen molar-refractivity contribution in [1.82, 2.24) is 4.90 Å². The van der Waals surface area contributed by atoms with Gasteiger partial charge in [0.2, 0.25) is 0 Å². The largest absolute Gasteiger partial charge is 0.497 e. The third-order valence-corrected chi connectivity index (χ3v) is 3.47. The van der Waals surface area contributed by atoms with E-state index in [1.165, 1.54) is 12.0 Å². The molecule has 1 fully saturated rings. The van der Waals surface area contributed by atoms with E-state index in [1.807, 2.05) is 0 Å². The van der Waals surface area contributed by atoms with Gasteiger partial charge in [-0.1, -0.05) is 0 Å². The van der Waals surface area contributed by atoms with Crippen LogP contribution >= 0.6 is 0 Å². The van der Waals surface area contributed by atoms with Crippen molar-refractivity contribution in [3.63, 3.8) is 0 Å². The number of hydrogen-bond acceptors (Lipinski definition) is 5. The standard InChI is InChI=1S/C15H19NO5/c1-19-11-5-7-12(8-6-11)21-10-14(17)16-9-3-4-13(16)15(18)20-2/h5-8,13H,3-4,9-10H2,1-2H3. The number of rotatable bonds is 5. The lowest BCUT2D eigenvalue weighted by Crippen LogP contribution is -2.43. The molecular formula is C15H19NO5. The summed E-state index contributed by atoms with van der Waals surface area (Å²) in [6, 6.07) is 6.49. The molecule has 1 aliphatic rings. The van der Waals surface area contributed by atoms with Gasteiger partial charge in [0, 0.05) is 6.54 Å². The van der Waals surface area contributed by atoms with Gasteiger partial charge in [-0.25, -0.2) is 4.79 Å². The van der Waals surface area contributed by atoms with Crippen LogP contribution in [0.5, 0.6) is 11.5 Å². The summed E-state index contributed by atoms with van der Waals surface area (Å²) in [5, 5.41) is 0. The van der Waals surface area contributed by atoms with Gasteiger partial charge >= 0.3 is 5.97 Å². The number of nitrogens with zero attached hydrogens (tertiary/aromatic N) is 1. The van der Waals surface area contributed by atoms with Crippen LogP contribution in [-0.2, 0) is 14.3 Å². The number of methoxy groups -OCH3 is 2. The highest BCUT2D eigenvalue weighted by Crippen LogP contribution is 2.20. The summed E-state index contributed by atoms with van der Waals surface area (Å²) in [5.41, 5.74) is 0. The van der Waals surface area contributed by atoms with E-state index in [0.29, 0.717) is 18.7 Å². The highest BCUT2D eigenvalue weighted by Gasteiger charge is 2.34. The molecule has 1 heterocycles. The SMILES string of the molecule is COC(=O)C1CCCN1C(=O)COc1ccc(OC)cc1. The molecule has 1 saturated heterocycles. The second-order valence-corrected chi connectivity index (χ2v) is 4.73. The number of benzene rings is 1. The number of esters is 1.